The third-order valence-corrected chi connectivity index (χ3v) is 5.46. The topological polar surface area (TPSA) is 74.6 Å². The van der Waals surface area contributed by atoms with Crippen LogP contribution >= 0.6 is 0 Å². The average molecular weight is 399 g/mol. The summed E-state index contributed by atoms with van der Waals surface area (Å²) in [6.45, 7) is 0. The molecule has 2 saturated carbocycles. The van der Waals surface area contributed by atoms with E-state index in [1.54, 1.807) is 0 Å². The number of aliphatic carboxylic acids is 2. The minimum absolute atomic E-state index is 0. The molecule has 0 aromatic heterocycles. The van der Waals surface area contributed by atoms with Gasteiger partial charge in [0, 0.05) is 29.3 Å². The Balaban J connectivity index is 0.000000443. The van der Waals surface area contributed by atoms with Crippen molar-refractivity contribution < 1.29 is 36.3 Å². The predicted octanol–water partition coefficient (Wildman–Crippen LogP) is 5.64. The van der Waals surface area contributed by atoms with E-state index >= 15 is 0 Å². The van der Waals surface area contributed by atoms with Gasteiger partial charge in [-0.1, -0.05) is 64.2 Å². The van der Waals surface area contributed by atoms with E-state index in [9.17, 15) is 9.59 Å². The molecule has 0 atom stereocenters. The van der Waals surface area contributed by atoms with Crippen molar-refractivity contribution in [3.05, 3.63) is 0 Å². The molecule has 0 heterocycles. The molecule has 0 aromatic carbocycles. The second kappa shape index (κ2) is 15.7. The molecule has 2 rings (SSSR count). The fourth-order valence-electron chi connectivity index (χ4n) is 4.04. The summed E-state index contributed by atoms with van der Waals surface area (Å²) in [5, 5.41) is 16.9. The SMILES string of the molecule is O=C(O)CCCC1CCCCC1.O=C(O)CCCC1CCCCC1.[Ni]. The summed E-state index contributed by atoms with van der Waals surface area (Å²) in [6.07, 6.45) is 18.3. The summed E-state index contributed by atoms with van der Waals surface area (Å²) in [5.41, 5.74) is 0. The summed E-state index contributed by atoms with van der Waals surface area (Å²) in [6, 6.07) is 0. The average Bonchev–Trinajstić information content (AvgIpc) is 2.57. The van der Waals surface area contributed by atoms with Crippen molar-refractivity contribution in [2.45, 2.75) is 103 Å². The van der Waals surface area contributed by atoms with E-state index in [-0.39, 0.29) is 16.5 Å². The van der Waals surface area contributed by atoms with Gasteiger partial charge in [-0.15, -0.1) is 0 Å². The zero-order chi connectivity index (χ0) is 17.6. The molecule has 5 heteroatoms. The molecule has 2 aliphatic carbocycles. The zero-order valence-electron chi connectivity index (χ0n) is 15.5. The third-order valence-electron chi connectivity index (χ3n) is 5.46. The predicted molar refractivity (Wildman–Crippen MR) is 96.1 cm³/mol. The van der Waals surface area contributed by atoms with Crippen molar-refractivity contribution in [3.63, 3.8) is 0 Å². The van der Waals surface area contributed by atoms with Crippen molar-refractivity contribution in [1.82, 2.24) is 0 Å². The molecule has 2 aliphatic rings. The minimum atomic E-state index is -0.647. The third kappa shape index (κ3) is 14.3. The van der Waals surface area contributed by atoms with Crippen LogP contribution in [0, 0.1) is 11.8 Å². The first-order valence-corrected chi connectivity index (χ1v) is 10.0. The Morgan fingerprint density at radius 1 is 0.640 bits per heavy atom. The van der Waals surface area contributed by atoms with Crippen LogP contribution in [0.4, 0.5) is 0 Å². The van der Waals surface area contributed by atoms with Crippen molar-refractivity contribution in [3.8, 4) is 0 Å². The van der Waals surface area contributed by atoms with E-state index in [4.69, 9.17) is 10.2 Å². The molecule has 0 unspecified atom stereocenters. The quantitative estimate of drug-likeness (QED) is 0.518. The zero-order valence-corrected chi connectivity index (χ0v) is 16.5. The number of hydrogen-bond acceptors (Lipinski definition) is 2. The largest absolute Gasteiger partial charge is 0.481 e. The van der Waals surface area contributed by atoms with Gasteiger partial charge in [0.15, 0.2) is 0 Å². The van der Waals surface area contributed by atoms with Crippen molar-refractivity contribution in [2.75, 3.05) is 0 Å². The number of rotatable bonds is 8. The summed E-state index contributed by atoms with van der Waals surface area (Å²) in [7, 11) is 0. The molecular weight excluding hydrogens is 363 g/mol. The number of carboxylic acid groups (broad SMARTS) is 2. The maximum atomic E-state index is 10.2. The van der Waals surface area contributed by atoms with Crippen LogP contribution in [0.1, 0.15) is 103 Å². The van der Waals surface area contributed by atoms with Crippen LogP contribution in [0.25, 0.3) is 0 Å². The van der Waals surface area contributed by atoms with E-state index in [1.807, 2.05) is 0 Å². The first-order valence-electron chi connectivity index (χ1n) is 10.0. The van der Waals surface area contributed by atoms with Crippen molar-refractivity contribution in [1.29, 1.82) is 0 Å². The molecule has 4 nitrogen and oxygen atoms in total. The second-order valence-electron chi connectivity index (χ2n) is 7.58. The van der Waals surface area contributed by atoms with Gasteiger partial charge in [0.05, 0.1) is 0 Å². The molecule has 0 aromatic rings. The van der Waals surface area contributed by atoms with Crippen LogP contribution in [-0.4, -0.2) is 22.2 Å². The normalized spacial score (nSPS) is 18.6. The Morgan fingerprint density at radius 2 is 0.960 bits per heavy atom. The van der Waals surface area contributed by atoms with Gasteiger partial charge in [0.2, 0.25) is 0 Å². The maximum absolute atomic E-state index is 10.2. The molecule has 0 spiro atoms. The Hall–Kier alpha value is -0.566. The van der Waals surface area contributed by atoms with Crippen molar-refractivity contribution >= 4 is 11.9 Å². The van der Waals surface area contributed by atoms with E-state index in [0.717, 1.165) is 37.5 Å². The first kappa shape index (κ1) is 24.4. The van der Waals surface area contributed by atoms with Gasteiger partial charge in [-0.2, -0.15) is 0 Å². The molecule has 0 saturated heterocycles. The Kier molecular flexibility index (Phi) is 15.3. The minimum Gasteiger partial charge on any atom is -0.481 e. The fraction of sp³-hybridized carbons (Fsp3) is 0.900. The van der Waals surface area contributed by atoms with Crippen LogP contribution in [0.5, 0.6) is 0 Å². The van der Waals surface area contributed by atoms with Gasteiger partial charge in [0.25, 0.3) is 0 Å². The first-order chi connectivity index (χ1) is 11.6. The number of carboxylic acids is 2. The number of carbonyl (C=O) groups is 2. The molecule has 0 bridgehead atoms. The van der Waals surface area contributed by atoms with Crippen LogP contribution in [0.2, 0.25) is 0 Å². The molecule has 0 aliphatic heterocycles. The van der Waals surface area contributed by atoms with Crippen LogP contribution in [0.15, 0.2) is 0 Å². The molecule has 150 valence electrons. The van der Waals surface area contributed by atoms with Crippen LogP contribution in [-0.2, 0) is 26.1 Å². The number of hydrogen-bond donors (Lipinski definition) is 2. The second-order valence-corrected chi connectivity index (χ2v) is 7.58. The Morgan fingerprint density at radius 3 is 1.24 bits per heavy atom. The van der Waals surface area contributed by atoms with Gasteiger partial charge in [-0.05, 0) is 37.5 Å². The summed E-state index contributed by atoms with van der Waals surface area (Å²) in [4.78, 5) is 20.5. The molecular formula is C20H36NiO4. The van der Waals surface area contributed by atoms with Crippen LogP contribution in [0.3, 0.4) is 0 Å². The van der Waals surface area contributed by atoms with Gasteiger partial charge in [0.1, 0.15) is 0 Å². The summed E-state index contributed by atoms with van der Waals surface area (Å²) in [5.74, 6) is 0.368. The smallest absolute Gasteiger partial charge is 0.303 e. The molecule has 2 N–H and O–H groups in total. The van der Waals surface area contributed by atoms with E-state index in [0.29, 0.717) is 12.8 Å². The van der Waals surface area contributed by atoms with Gasteiger partial charge >= 0.3 is 11.9 Å². The van der Waals surface area contributed by atoms with E-state index < -0.39 is 11.9 Å². The fourth-order valence-corrected chi connectivity index (χ4v) is 4.04. The molecule has 0 amide bonds. The van der Waals surface area contributed by atoms with E-state index in [2.05, 4.69) is 0 Å². The Bertz CT molecular complexity index is 314. The summed E-state index contributed by atoms with van der Waals surface area (Å²) >= 11 is 0. The van der Waals surface area contributed by atoms with Gasteiger partial charge in [-0.3, -0.25) is 9.59 Å². The van der Waals surface area contributed by atoms with Gasteiger partial charge in [-0.25, -0.2) is 0 Å². The van der Waals surface area contributed by atoms with Gasteiger partial charge < -0.3 is 10.2 Å². The standard InChI is InChI=1S/2C10H18O2.Ni/c2*11-10(12)8-4-7-9-5-2-1-3-6-9;/h2*9H,1-8H2,(H,11,12);. The Labute approximate surface area is 163 Å². The molecule has 25 heavy (non-hydrogen) atoms. The monoisotopic (exact) mass is 398 g/mol. The molecule has 2 fully saturated rings. The molecule has 0 radical (unpaired) electrons. The van der Waals surface area contributed by atoms with Crippen LogP contribution < -0.4 is 0 Å². The van der Waals surface area contributed by atoms with Crippen molar-refractivity contribution in [2.24, 2.45) is 11.8 Å². The maximum Gasteiger partial charge on any atom is 0.303 e. The van der Waals surface area contributed by atoms with E-state index in [1.165, 1.54) is 64.2 Å². The summed E-state index contributed by atoms with van der Waals surface area (Å²) < 4.78 is 0.